The number of rotatable bonds is 8. The minimum Gasteiger partial charge on any atom is -0.490 e. The van der Waals surface area contributed by atoms with Crippen LogP contribution < -0.4 is 15.0 Å². The number of aromatic nitrogens is 2. The Labute approximate surface area is 263 Å². The van der Waals surface area contributed by atoms with Gasteiger partial charge in [0.25, 0.3) is 0 Å². The highest BCUT2D eigenvalue weighted by atomic mass is 79.9. The fourth-order valence-electron chi connectivity index (χ4n) is 7.18. The zero-order valence-electron chi connectivity index (χ0n) is 25.7. The maximum absolute atomic E-state index is 12.5. The van der Waals surface area contributed by atoms with E-state index in [0.717, 1.165) is 71.8 Å². The number of carbonyl (C=O) groups excluding carboxylic acids is 2. The lowest BCUT2D eigenvalue weighted by Crippen LogP contribution is -2.49. The summed E-state index contributed by atoms with van der Waals surface area (Å²) in [6, 6.07) is 13.3. The fraction of sp³-hybridized carbons (Fsp3) is 0.559. The summed E-state index contributed by atoms with van der Waals surface area (Å²) in [5.41, 5.74) is 4.22. The Balaban J connectivity index is 0.966. The van der Waals surface area contributed by atoms with E-state index in [-0.39, 0.29) is 17.7 Å². The van der Waals surface area contributed by atoms with Gasteiger partial charge in [0.2, 0.25) is 11.8 Å². The van der Waals surface area contributed by atoms with Gasteiger partial charge < -0.3 is 9.64 Å². The standard InChI is InChI=1S/C34H44BrN5O3/c1-22-20-27(11-14-30(22)35)43-26-9-6-24(7-10-26)5-4-23(2)39-16-18-40(19-17-39)25-8-12-28-31(21-25)38(3)37-33(28)29-13-15-32(41)36-34(29)42/h8,11-12,14,20-21,23-24,26,29H,4-7,9-10,13,15-19H2,1-3H3,(H,36,41,42)/t23-,24?,26?,29?/m1/s1. The quantitative estimate of drug-likeness (QED) is 0.298. The number of nitrogens with one attached hydrogen (secondary N) is 1. The smallest absolute Gasteiger partial charge is 0.235 e. The second-order valence-corrected chi connectivity index (χ2v) is 13.7. The number of piperidine rings is 1. The van der Waals surface area contributed by atoms with Crippen molar-refractivity contribution in [2.24, 2.45) is 13.0 Å². The molecule has 3 fully saturated rings. The predicted octanol–water partition coefficient (Wildman–Crippen LogP) is 6.09. The summed E-state index contributed by atoms with van der Waals surface area (Å²) < 4.78 is 9.31. The monoisotopic (exact) mass is 649 g/mol. The summed E-state index contributed by atoms with van der Waals surface area (Å²) in [6.45, 7) is 8.66. The molecule has 2 saturated heterocycles. The molecular weight excluding hydrogens is 606 g/mol. The van der Waals surface area contributed by atoms with Gasteiger partial charge in [-0.25, -0.2) is 0 Å². The Morgan fingerprint density at radius 1 is 1.02 bits per heavy atom. The molecule has 1 aliphatic carbocycles. The third-order valence-electron chi connectivity index (χ3n) is 9.95. The highest BCUT2D eigenvalue weighted by Crippen LogP contribution is 2.34. The third kappa shape index (κ3) is 6.78. The van der Waals surface area contributed by atoms with Gasteiger partial charge in [0.05, 0.1) is 23.2 Å². The maximum atomic E-state index is 12.5. The van der Waals surface area contributed by atoms with Crippen molar-refractivity contribution >= 4 is 44.3 Å². The predicted molar refractivity (Wildman–Crippen MR) is 174 cm³/mol. The van der Waals surface area contributed by atoms with Crippen molar-refractivity contribution in [2.45, 2.75) is 83.3 Å². The van der Waals surface area contributed by atoms with Crippen LogP contribution in [0.15, 0.2) is 40.9 Å². The molecule has 8 nitrogen and oxygen atoms in total. The summed E-state index contributed by atoms with van der Waals surface area (Å²) in [6.07, 6.45) is 8.62. The number of hydrogen-bond donors (Lipinski definition) is 1. The molecule has 0 bridgehead atoms. The van der Waals surface area contributed by atoms with Gasteiger partial charge in [0.15, 0.2) is 0 Å². The third-order valence-corrected chi connectivity index (χ3v) is 10.8. The molecule has 0 radical (unpaired) electrons. The molecule has 9 heteroatoms. The van der Waals surface area contributed by atoms with Gasteiger partial charge in [0, 0.05) is 61.2 Å². The van der Waals surface area contributed by atoms with Crippen molar-refractivity contribution in [1.82, 2.24) is 20.0 Å². The number of fused-ring (bicyclic) bond motifs is 1. The van der Waals surface area contributed by atoms with Crippen LogP contribution in [0.25, 0.3) is 10.9 Å². The minimum atomic E-state index is -0.373. The number of benzene rings is 2. The van der Waals surface area contributed by atoms with Crippen molar-refractivity contribution in [3.63, 3.8) is 0 Å². The molecule has 2 aromatic carbocycles. The highest BCUT2D eigenvalue weighted by Gasteiger charge is 2.32. The molecule has 1 saturated carbocycles. The first kappa shape index (κ1) is 30.1. The van der Waals surface area contributed by atoms with Gasteiger partial charge in [-0.15, -0.1) is 0 Å². The van der Waals surface area contributed by atoms with Crippen molar-refractivity contribution in [2.75, 3.05) is 31.1 Å². The van der Waals surface area contributed by atoms with E-state index in [1.165, 1.54) is 36.9 Å². The van der Waals surface area contributed by atoms with Gasteiger partial charge in [-0.2, -0.15) is 5.10 Å². The van der Waals surface area contributed by atoms with E-state index in [4.69, 9.17) is 9.84 Å². The number of hydrogen-bond acceptors (Lipinski definition) is 6. The minimum absolute atomic E-state index is 0.196. The number of halogens is 1. The van der Waals surface area contributed by atoms with E-state index in [1.54, 1.807) is 0 Å². The van der Waals surface area contributed by atoms with Crippen molar-refractivity contribution in [3.05, 3.63) is 52.1 Å². The van der Waals surface area contributed by atoms with Crippen LogP contribution in [0.1, 0.15) is 75.5 Å². The lowest BCUT2D eigenvalue weighted by molar-refractivity contribution is -0.134. The van der Waals surface area contributed by atoms with Gasteiger partial charge in [-0.3, -0.25) is 24.5 Å². The Hall–Kier alpha value is -2.91. The molecule has 1 N–H and O–H groups in total. The largest absolute Gasteiger partial charge is 0.490 e. The lowest BCUT2D eigenvalue weighted by Gasteiger charge is -2.39. The van der Waals surface area contributed by atoms with E-state index >= 15 is 0 Å². The average Bonchev–Trinajstić information content (AvgIpc) is 3.33. The molecule has 2 atom stereocenters. The van der Waals surface area contributed by atoms with Crippen LogP contribution in [0.5, 0.6) is 5.75 Å². The van der Waals surface area contributed by atoms with E-state index in [9.17, 15) is 9.59 Å². The van der Waals surface area contributed by atoms with E-state index in [2.05, 4.69) is 81.3 Å². The van der Waals surface area contributed by atoms with Gasteiger partial charge >= 0.3 is 0 Å². The Morgan fingerprint density at radius 3 is 2.51 bits per heavy atom. The SMILES string of the molecule is Cc1cc(OC2CCC(CC[C@@H](C)N3CCN(c4ccc5c(C6CCC(=O)NC6=O)nn(C)c5c4)CC3)CC2)ccc1Br. The lowest BCUT2D eigenvalue weighted by atomic mass is 9.83. The van der Waals surface area contributed by atoms with Crippen LogP contribution in [0.2, 0.25) is 0 Å². The van der Waals surface area contributed by atoms with E-state index in [0.29, 0.717) is 25.0 Å². The maximum Gasteiger partial charge on any atom is 0.235 e. The summed E-state index contributed by atoms with van der Waals surface area (Å²) in [5, 5.41) is 8.18. The van der Waals surface area contributed by atoms with Crippen LogP contribution in [0.4, 0.5) is 5.69 Å². The molecule has 43 heavy (non-hydrogen) atoms. The fourth-order valence-corrected chi connectivity index (χ4v) is 7.43. The number of imide groups is 1. The molecule has 2 aliphatic heterocycles. The number of anilines is 1. The van der Waals surface area contributed by atoms with Crippen LogP contribution in [-0.2, 0) is 16.6 Å². The first-order valence-corrected chi connectivity index (χ1v) is 16.8. The molecule has 0 spiro atoms. The zero-order chi connectivity index (χ0) is 30.1. The van der Waals surface area contributed by atoms with Crippen LogP contribution in [0.3, 0.4) is 0 Å². The second kappa shape index (κ2) is 13.0. The summed E-state index contributed by atoms with van der Waals surface area (Å²) in [7, 11) is 1.93. The topological polar surface area (TPSA) is 79.7 Å². The Bertz CT molecular complexity index is 1470. The molecule has 1 aromatic heterocycles. The normalized spacial score (nSPS) is 24.3. The summed E-state index contributed by atoms with van der Waals surface area (Å²) in [5.74, 6) is 0.999. The van der Waals surface area contributed by atoms with Crippen LogP contribution in [0, 0.1) is 12.8 Å². The second-order valence-electron chi connectivity index (χ2n) is 12.8. The molecule has 1 unspecified atom stereocenters. The highest BCUT2D eigenvalue weighted by molar-refractivity contribution is 9.10. The molecular formula is C34H44BrN5O3. The number of amides is 2. The van der Waals surface area contributed by atoms with Crippen molar-refractivity contribution in [1.29, 1.82) is 0 Å². The molecule has 6 rings (SSSR count). The number of aryl methyl sites for hydroxylation is 2. The first-order chi connectivity index (χ1) is 20.7. The van der Waals surface area contributed by atoms with Crippen molar-refractivity contribution < 1.29 is 14.3 Å². The van der Waals surface area contributed by atoms with Crippen LogP contribution >= 0.6 is 15.9 Å². The summed E-state index contributed by atoms with van der Waals surface area (Å²) >= 11 is 3.58. The molecule has 3 heterocycles. The molecule has 2 amide bonds. The van der Waals surface area contributed by atoms with Crippen molar-refractivity contribution in [3.8, 4) is 5.75 Å². The van der Waals surface area contributed by atoms with Gasteiger partial charge in [0.1, 0.15) is 5.75 Å². The molecule has 230 valence electrons. The first-order valence-electron chi connectivity index (χ1n) is 16.0. The van der Waals surface area contributed by atoms with Gasteiger partial charge in [-0.1, -0.05) is 15.9 Å². The summed E-state index contributed by atoms with van der Waals surface area (Å²) in [4.78, 5) is 29.2. The Morgan fingerprint density at radius 2 is 1.79 bits per heavy atom. The van der Waals surface area contributed by atoms with Gasteiger partial charge in [-0.05, 0) is 107 Å². The van der Waals surface area contributed by atoms with E-state index < -0.39 is 0 Å². The average molecular weight is 651 g/mol. The zero-order valence-corrected chi connectivity index (χ0v) is 27.2. The molecule has 3 aromatic rings. The number of ether oxygens (including phenoxy) is 1. The number of carbonyl (C=O) groups is 2. The Kier molecular flexibility index (Phi) is 9.10. The van der Waals surface area contributed by atoms with Crippen LogP contribution in [-0.4, -0.2) is 64.8 Å². The molecule has 3 aliphatic rings. The number of nitrogens with zero attached hydrogens (tertiary/aromatic N) is 4. The van der Waals surface area contributed by atoms with E-state index in [1.807, 2.05) is 11.7 Å². The number of piperazine rings is 1.